The van der Waals surface area contributed by atoms with Crippen LogP contribution in [0.15, 0.2) is 29.2 Å². The number of aryl methyl sites for hydroxylation is 3. The third-order valence-corrected chi connectivity index (χ3v) is 4.27. The zero-order valence-electron chi connectivity index (χ0n) is 14.7. The zero-order chi connectivity index (χ0) is 18.0. The van der Waals surface area contributed by atoms with Gasteiger partial charge >= 0.3 is 5.97 Å². The van der Waals surface area contributed by atoms with Gasteiger partial charge in [0.05, 0.1) is 12.1 Å². The molecule has 25 heavy (non-hydrogen) atoms. The second-order valence-corrected chi connectivity index (χ2v) is 6.39. The van der Waals surface area contributed by atoms with Crippen LogP contribution in [-0.4, -0.2) is 39.7 Å². The first-order valence-corrected chi connectivity index (χ1v) is 8.37. The molecule has 132 valence electrons. The number of carbonyl (C=O) groups excluding carboxylic acids is 1. The van der Waals surface area contributed by atoms with Crippen LogP contribution in [0.25, 0.3) is 0 Å². The molecule has 0 N–H and O–H groups in total. The van der Waals surface area contributed by atoms with Crippen molar-refractivity contribution in [3.05, 3.63) is 51.8 Å². The monoisotopic (exact) mass is 342 g/mol. The van der Waals surface area contributed by atoms with E-state index in [1.165, 1.54) is 10.6 Å². The number of nitrogens with zero attached hydrogens (tertiary/aromatic N) is 4. The van der Waals surface area contributed by atoms with Gasteiger partial charge in [-0.15, -0.1) is 0 Å². The Labute approximate surface area is 146 Å². The fourth-order valence-electron chi connectivity index (χ4n) is 3.00. The lowest BCUT2D eigenvalue weighted by atomic mass is 10.1. The number of ether oxygens (including phenoxy) is 1. The van der Waals surface area contributed by atoms with E-state index in [4.69, 9.17) is 4.74 Å². The van der Waals surface area contributed by atoms with Crippen LogP contribution >= 0.6 is 0 Å². The van der Waals surface area contributed by atoms with Crippen molar-refractivity contribution in [1.29, 1.82) is 0 Å². The highest BCUT2D eigenvalue weighted by Gasteiger charge is 2.25. The summed E-state index contributed by atoms with van der Waals surface area (Å²) in [4.78, 5) is 34.9. The smallest absolute Gasteiger partial charge is 0.338 e. The van der Waals surface area contributed by atoms with Gasteiger partial charge in [0.25, 0.3) is 5.56 Å². The molecule has 0 spiro atoms. The summed E-state index contributed by atoms with van der Waals surface area (Å²) in [7, 11) is 1.64. The zero-order valence-corrected chi connectivity index (χ0v) is 14.7. The molecule has 3 heterocycles. The molecule has 1 unspecified atom stereocenters. The Morgan fingerprint density at radius 1 is 1.28 bits per heavy atom. The van der Waals surface area contributed by atoms with Crippen LogP contribution in [0.3, 0.4) is 0 Å². The van der Waals surface area contributed by atoms with Gasteiger partial charge in [0.15, 0.2) is 0 Å². The van der Waals surface area contributed by atoms with Crippen LogP contribution in [0.4, 0.5) is 5.82 Å². The summed E-state index contributed by atoms with van der Waals surface area (Å²) in [6, 6.07) is 4.85. The fraction of sp³-hybridized carbons (Fsp3) is 0.444. The summed E-state index contributed by atoms with van der Waals surface area (Å²) in [5.41, 5.74) is 0.974. The number of hydrogen-bond acceptors (Lipinski definition) is 6. The molecular weight excluding hydrogens is 320 g/mol. The van der Waals surface area contributed by atoms with Gasteiger partial charge in [-0.2, -0.15) is 0 Å². The summed E-state index contributed by atoms with van der Waals surface area (Å²) in [6.45, 7) is 5.27. The van der Waals surface area contributed by atoms with Gasteiger partial charge in [-0.05, 0) is 32.8 Å². The Hall–Kier alpha value is -2.70. The van der Waals surface area contributed by atoms with E-state index in [2.05, 4.69) is 14.9 Å². The molecule has 7 heteroatoms. The standard InChI is InChI=1S/C18H22N4O3/c1-12-9-16(20-13(2)19-12)22-7-4-5-15(11-22)25-18(24)14-6-8-21(3)17(23)10-14/h6,8-10,15H,4-5,7,11H2,1-3H3. The normalized spacial score (nSPS) is 17.4. The van der Waals surface area contributed by atoms with Crippen LogP contribution in [0, 0.1) is 13.8 Å². The maximum Gasteiger partial charge on any atom is 0.338 e. The van der Waals surface area contributed by atoms with Crippen molar-refractivity contribution < 1.29 is 9.53 Å². The minimum atomic E-state index is -0.459. The van der Waals surface area contributed by atoms with Gasteiger partial charge in [-0.3, -0.25) is 4.79 Å². The second kappa shape index (κ2) is 7.04. The van der Waals surface area contributed by atoms with Gasteiger partial charge in [-0.1, -0.05) is 0 Å². The van der Waals surface area contributed by atoms with E-state index in [9.17, 15) is 9.59 Å². The highest BCUT2D eigenvalue weighted by Crippen LogP contribution is 2.21. The molecule has 0 saturated carbocycles. The van der Waals surface area contributed by atoms with E-state index in [-0.39, 0.29) is 17.2 Å². The molecule has 1 fully saturated rings. The van der Waals surface area contributed by atoms with Crippen molar-refractivity contribution in [1.82, 2.24) is 14.5 Å². The van der Waals surface area contributed by atoms with Crippen molar-refractivity contribution in [2.24, 2.45) is 7.05 Å². The molecule has 1 aliphatic rings. The number of esters is 1. The minimum absolute atomic E-state index is 0.221. The van der Waals surface area contributed by atoms with Crippen LogP contribution in [0.5, 0.6) is 0 Å². The fourth-order valence-corrected chi connectivity index (χ4v) is 3.00. The number of rotatable bonds is 3. The van der Waals surface area contributed by atoms with E-state index in [1.54, 1.807) is 19.3 Å². The van der Waals surface area contributed by atoms with Crippen LogP contribution in [-0.2, 0) is 11.8 Å². The molecular formula is C18H22N4O3. The van der Waals surface area contributed by atoms with E-state index in [1.807, 2.05) is 19.9 Å². The molecule has 0 radical (unpaired) electrons. The second-order valence-electron chi connectivity index (χ2n) is 6.39. The molecule has 2 aromatic rings. The van der Waals surface area contributed by atoms with E-state index in [0.717, 1.165) is 36.7 Å². The number of pyridine rings is 1. The SMILES string of the molecule is Cc1cc(N2CCCC(OC(=O)c3ccn(C)c(=O)c3)C2)nc(C)n1. The lowest BCUT2D eigenvalue weighted by molar-refractivity contribution is 0.0269. The number of piperidine rings is 1. The first-order chi connectivity index (χ1) is 11.9. The molecule has 1 atom stereocenters. The van der Waals surface area contributed by atoms with E-state index < -0.39 is 5.97 Å². The summed E-state index contributed by atoms with van der Waals surface area (Å²) in [5, 5.41) is 0. The minimum Gasteiger partial charge on any atom is -0.457 e. The summed E-state index contributed by atoms with van der Waals surface area (Å²) in [5.74, 6) is 1.13. The van der Waals surface area contributed by atoms with E-state index in [0.29, 0.717) is 6.54 Å². The predicted octanol–water partition coefficient (Wildman–Crippen LogP) is 1.62. The maximum atomic E-state index is 12.3. The van der Waals surface area contributed by atoms with Crippen LogP contribution < -0.4 is 10.5 Å². The first-order valence-electron chi connectivity index (χ1n) is 8.37. The molecule has 0 bridgehead atoms. The molecule has 7 nitrogen and oxygen atoms in total. The van der Waals surface area contributed by atoms with Gasteiger partial charge in [0, 0.05) is 37.6 Å². The van der Waals surface area contributed by atoms with Gasteiger partial charge in [-0.25, -0.2) is 14.8 Å². The highest BCUT2D eigenvalue weighted by atomic mass is 16.5. The molecule has 2 aromatic heterocycles. The van der Waals surface area contributed by atoms with Crippen molar-refractivity contribution >= 4 is 11.8 Å². The van der Waals surface area contributed by atoms with Crippen LogP contribution in [0.2, 0.25) is 0 Å². The third-order valence-electron chi connectivity index (χ3n) is 4.27. The maximum absolute atomic E-state index is 12.3. The van der Waals surface area contributed by atoms with Gasteiger partial charge < -0.3 is 14.2 Å². The van der Waals surface area contributed by atoms with E-state index >= 15 is 0 Å². The van der Waals surface area contributed by atoms with Crippen molar-refractivity contribution in [3.63, 3.8) is 0 Å². The summed E-state index contributed by atoms with van der Waals surface area (Å²) in [6.07, 6.45) is 3.06. The predicted molar refractivity (Wildman–Crippen MR) is 93.8 cm³/mol. The topological polar surface area (TPSA) is 77.3 Å². The lowest BCUT2D eigenvalue weighted by Gasteiger charge is -2.33. The largest absolute Gasteiger partial charge is 0.457 e. The Bertz CT molecular complexity index is 826. The number of aromatic nitrogens is 3. The number of carbonyl (C=O) groups is 1. The van der Waals surface area contributed by atoms with Crippen molar-refractivity contribution in [2.45, 2.75) is 32.8 Å². The average molecular weight is 342 g/mol. The quantitative estimate of drug-likeness (QED) is 0.789. The van der Waals surface area contributed by atoms with Crippen molar-refractivity contribution in [2.75, 3.05) is 18.0 Å². The summed E-state index contributed by atoms with van der Waals surface area (Å²) >= 11 is 0. The molecule has 1 aliphatic heterocycles. The lowest BCUT2D eigenvalue weighted by Crippen LogP contribution is -2.41. The van der Waals surface area contributed by atoms with Gasteiger partial charge in [0.2, 0.25) is 0 Å². The Morgan fingerprint density at radius 3 is 2.80 bits per heavy atom. The molecule has 3 rings (SSSR count). The van der Waals surface area contributed by atoms with Gasteiger partial charge in [0.1, 0.15) is 17.7 Å². The average Bonchev–Trinajstić information content (AvgIpc) is 2.56. The first kappa shape index (κ1) is 17.1. The third kappa shape index (κ3) is 4.04. The Balaban J connectivity index is 1.69. The van der Waals surface area contributed by atoms with Crippen molar-refractivity contribution in [3.8, 4) is 0 Å². The molecule has 1 saturated heterocycles. The molecule has 0 amide bonds. The molecule has 0 aliphatic carbocycles. The van der Waals surface area contributed by atoms with Crippen LogP contribution in [0.1, 0.15) is 34.7 Å². The summed E-state index contributed by atoms with van der Waals surface area (Å²) < 4.78 is 7.03. The molecule has 0 aromatic carbocycles. The number of anilines is 1. The Kier molecular flexibility index (Phi) is 4.83. The Morgan fingerprint density at radius 2 is 2.08 bits per heavy atom. The number of hydrogen-bond donors (Lipinski definition) is 0. The highest BCUT2D eigenvalue weighted by molar-refractivity contribution is 5.89.